The Morgan fingerprint density at radius 3 is 2.48 bits per heavy atom. The lowest BCUT2D eigenvalue weighted by molar-refractivity contribution is 0.0687. The van der Waals surface area contributed by atoms with Crippen molar-refractivity contribution in [1.29, 1.82) is 0 Å². The van der Waals surface area contributed by atoms with Crippen LogP contribution in [-0.4, -0.2) is 35.2 Å². The molecule has 0 radical (unpaired) electrons. The first-order valence-corrected chi connectivity index (χ1v) is 6.98. The van der Waals surface area contributed by atoms with Crippen LogP contribution < -0.4 is 9.47 Å². The van der Waals surface area contributed by atoms with E-state index in [2.05, 4.69) is 9.97 Å². The van der Waals surface area contributed by atoms with Crippen molar-refractivity contribution in [3.63, 3.8) is 0 Å². The monoisotopic (exact) mass is 308 g/mol. The maximum absolute atomic E-state index is 11.1. The number of halogens is 1. The fraction of sp³-hybridized carbons (Fsp3) is 0.333. The Kier molecular flexibility index (Phi) is 4.98. The van der Waals surface area contributed by atoms with Gasteiger partial charge in [0.25, 0.3) is 0 Å². The molecule has 1 aromatic heterocycles. The lowest BCUT2D eigenvalue weighted by Gasteiger charge is -2.28. The molecule has 2 aromatic rings. The Labute approximate surface area is 128 Å². The quantitative estimate of drug-likeness (QED) is 0.830. The van der Waals surface area contributed by atoms with Crippen molar-refractivity contribution in [2.24, 2.45) is 0 Å². The molecule has 0 bridgehead atoms. The summed E-state index contributed by atoms with van der Waals surface area (Å²) in [5.74, 6) is 0.796. The highest BCUT2D eigenvalue weighted by molar-refractivity contribution is 6.17. The number of rotatable bonds is 6. The Bertz CT molecular complexity index is 595. The van der Waals surface area contributed by atoms with Crippen molar-refractivity contribution < 1.29 is 14.6 Å². The van der Waals surface area contributed by atoms with Crippen molar-refractivity contribution in [2.75, 3.05) is 20.1 Å². The highest BCUT2D eigenvalue weighted by Gasteiger charge is 2.36. The molecule has 6 heteroatoms. The molecule has 1 aromatic carbocycles. The number of alkyl halides is 1. The summed E-state index contributed by atoms with van der Waals surface area (Å²) in [5.41, 5.74) is -0.366. The topological polar surface area (TPSA) is 64.5 Å². The number of ether oxygens (including phenoxy) is 2. The maximum atomic E-state index is 11.1. The summed E-state index contributed by atoms with van der Waals surface area (Å²) < 4.78 is 10.3. The van der Waals surface area contributed by atoms with Crippen molar-refractivity contribution in [1.82, 2.24) is 9.97 Å². The molecule has 21 heavy (non-hydrogen) atoms. The van der Waals surface area contributed by atoms with Crippen LogP contribution in [0.1, 0.15) is 17.7 Å². The molecule has 0 aliphatic carbocycles. The standard InChI is InChI=1S/C15H17ClN2O3/c1-20-12-10-17-13(14(18-12)21-2)15(19,8-9-16)11-6-4-3-5-7-11/h3-7,10,19H,8-9H2,1-2H3. The Hall–Kier alpha value is -1.85. The molecular formula is C15H17ClN2O3. The molecule has 0 amide bonds. The third-order valence-corrected chi connectivity index (χ3v) is 3.41. The van der Waals surface area contributed by atoms with Crippen LogP contribution in [0.4, 0.5) is 0 Å². The first-order valence-electron chi connectivity index (χ1n) is 6.45. The van der Waals surface area contributed by atoms with E-state index < -0.39 is 5.60 Å². The van der Waals surface area contributed by atoms with Crippen LogP contribution in [0.5, 0.6) is 11.8 Å². The lowest BCUT2D eigenvalue weighted by Crippen LogP contribution is -2.30. The van der Waals surface area contributed by atoms with E-state index >= 15 is 0 Å². The van der Waals surface area contributed by atoms with Gasteiger partial charge < -0.3 is 14.6 Å². The van der Waals surface area contributed by atoms with E-state index in [1.807, 2.05) is 30.3 Å². The van der Waals surface area contributed by atoms with Crippen molar-refractivity contribution >= 4 is 11.6 Å². The van der Waals surface area contributed by atoms with E-state index in [0.717, 1.165) is 0 Å². The molecule has 0 saturated carbocycles. The fourth-order valence-corrected chi connectivity index (χ4v) is 2.40. The minimum absolute atomic E-state index is 0.214. The van der Waals surface area contributed by atoms with Gasteiger partial charge in [-0.2, -0.15) is 4.98 Å². The molecule has 0 saturated heterocycles. The normalized spacial score (nSPS) is 13.5. The van der Waals surface area contributed by atoms with E-state index in [-0.39, 0.29) is 18.2 Å². The molecule has 5 nitrogen and oxygen atoms in total. The van der Waals surface area contributed by atoms with Crippen LogP contribution in [0.3, 0.4) is 0 Å². The van der Waals surface area contributed by atoms with Crippen molar-refractivity contribution in [3.8, 4) is 11.8 Å². The molecule has 2 rings (SSSR count). The second-order valence-corrected chi connectivity index (χ2v) is 4.81. The van der Waals surface area contributed by atoms with Gasteiger partial charge in [-0.25, -0.2) is 4.98 Å². The summed E-state index contributed by atoms with van der Waals surface area (Å²) >= 11 is 5.87. The van der Waals surface area contributed by atoms with Gasteiger partial charge in [-0.15, -0.1) is 11.6 Å². The molecule has 0 aliphatic rings. The van der Waals surface area contributed by atoms with Crippen LogP contribution in [0, 0.1) is 0 Å². The van der Waals surface area contributed by atoms with Crippen molar-refractivity contribution in [3.05, 3.63) is 47.8 Å². The molecular weight excluding hydrogens is 292 g/mol. The molecule has 0 aliphatic heterocycles. The van der Waals surface area contributed by atoms with Gasteiger partial charge in [0, 0.05) is 5.88 Å². The number of hydrogen-bond donors (Lipinski definition) is 1. The summed E-state index contributed by atoms with van der Waals surface area (Å²) in [5, 5.41) is 11.1. The van der Waals surface area contributed by atoms with E-state index in [4.69, 9.17) is 21.1 Å². The smallest absolute Gasteiger partial charge is 0.242 e. The minimum Gasteiger partial charge on any atom is -0.480 e. The van der Waals surface area contributed by atoms with E-state index in [9.17, 15) is 5.11 Å². The number of aliphatic hydroxyl groups is 1. The zero-order chi connectivity index (χ0) is 15.3. The molecule has 0 fully saturated rings. The summed E-state index contributed by atoms with van der Waals surface area (Å²) in [6, 6.07) is 9.20. The summed E-state index contributed by atoms with van der Waals surface area (Å²) in [4.78, 5) is 8.44. The average molecular weight is 309 g/mol. The molecule has 112 valence electrons. The summed E-state index contributed by atoms with van der Waals surface area (Å²) in [7, 11) is 2.96. The summed E-state index contributed by atoms with van der Waals surface area (Å²) in [6.07, 6.45) is 1.73. The van der Waals surface area contributed by atoms with E-state index in [1.54, 1.807) is 0 Å². The van der Waals surface area contributed by atoms with Gasteiger partial charge in [0.1, 0.15) is 11.3 Å². The van der Waals surface area contributed by atoms with Gasteiger partial charge in [-0.05, 0) is 12.0 Å². The second-order valence-electron chi connectivity index (χ2n) is 4.44. The Morgan fingerprint density at radius 1 is 1.19 bits per heavy atom. The van der Waals surface area contributed by atoms with E-state index in [0.29, 0.717) is 17.1 Å². The highest BCUT2D eigenvalue weighted by Crippen LogP contribution is 2.36. The fourth-order valence-electron chi connectivity index (χ4n) is 2.13. The molecule has 1 unspecified atom stereocenters. The van der Waals surface area contributed by atoms with Gasteiger partial charge in [0.2, 0.25) is 11.8 Å². The predicted octanol–water partition coefficient (Wildman–Crippen LogP) is 2.36. The largest absolute Gasteiger partial charge is 0.480 e. The van der Waals surface area contributed by atoms with Gasteiger partial charge in [0.15, 0.2) is 0 Å². The zero-order valence-electron chi connectivity index (χ0n) is 11.9. The van der Waals surface area contributed by atoms with Crippen LogP contribution in [0.15, 0.2) is 36.5 Å². The number of aromatic nitrogens is 2. The lowest BCUT2D eigenvalue weighted by atomic mass is 9.87. The second kappa shape index (κ2) is 6.74. The maximum Gasteiger partial charge on any atom is 0.242 e. The van der Waals surface area contributed by atoms with Gasteiger partial charge in [-0.3, -0.25) is 0 Å². The third kappa shape index (κ3) is 3.09. The van der Waals surface area contributed by atoms with Crippen LogP contribution >= 0.6 is 11.6 Å². The average Bonchev–Trinajstić information content (AvgIpc) is 2.55. The minimum atomic E-state index is -1.37. The zero-order valence-corrected chi connectivity index (χ0v) is 12.7. The Morgan fingerprint density at radius 2 is 1.90 bits per heavy atom. The summed E-state index contributed by atoms with van der Waals surface area (Å²) in [6.45, 7) is 0. The molecule has 0 spiro atoms. The van der Waals surface area contributed by atoms with Crippen molar-refractivity contribution in [2.45, 2.75) is 12.0 Å². The SMILES string of the molecule is COc1cnc(C(O)(CCCl)c2ccccc2)c(OC)n1. The highest BCUT2D eigenvalue weighted by atomic mass is 35.5. The van der Waals surface area contributed by atoms with Gasteiger partial charge in [0.05, 0.1) is 20.4 Å². The first-order chi connectivity index (χ1) is 10.2. The number of benzene rings is 1. The third-order valence-electron chi connectivity index (χ3n) is 3.22. The predicted molar refractivity (Wildman–Crippen MR) is 79.9 cm³/mol. The first kappa shape index (κ1) is 15.5. The van der Waals surface area contributed by atoms with Gasteiger partial charge in [-0.1, -0.05) is 30.3 Å². The van der Waals surface area contributed by atoms with Gasteiger partial charge >= 0.3 is 0 Å². The number of hydrogen-bond acceptors (Lipinski definition) is 5. The number of methoxy groups -OCH3 is 2. The number of nitrogens with zero attached hydrogens (tertiary/aromatic N) is 2. The van der Waals surface area contributed by atoms with Crippen LogP contribution in [0.25, 0.3) is 0 Å². The van der Waals surface area contributed by atoms with Crippen LogP contribution in [-0.2, 0) is 5.60 Å². The molecule has 1 N–H and O–H groups in total. The molecule has 1 heterocycles. The Balaban J connectivity index is 2.57. The molecule has 1 atom stereocenters. The van der Waals surface area contributed by atoms with Crippen LogP contribution in [0.2, 0.25) is 0 Å². The van der Waals surface area contributed by atoms with E-state index in [1.165, 1.54) is 20.4 Å².